The van der Waals surface area contributed by atoms with Gasteiger partial charge in [-0.2, -0.15) is 0 Å². The lowest BCUT2D eigenvalue weighted by Gasteiger charge is -2.41. The molecule has 0 amide bonds. The molecule has 2 aliphatic rings. The minimum Gasteiger partial charge on any atom is -0.395 e. The maximum Gasteiger partial charge on any atom is 0.170 e. The van der Waals surface area contributed by atoms with Gasteiger partial charge in [-0.15, -0.1) is 0 Å². The van der Waals surface area contributed by atoms with Gasteiger partial charge in [-0.05, 0) is 19.3 Å². The van der Waals surface area contributed by atoms with Gasteiger partial charge in [-0.1, -0.05) is 13.3 Å². The number of sulfone groups is 1. The van der Waals surface area contributed by atoms with Crippen LogP contribution in [-0.2, 0) is 19.3 Å². The Labute approximate surface area is 108 Å². The van der Waals surface area contributed by atoms with E-state index in [0.717, 1.165) is 12.8 Å². The van der Waals surface area contributed by atoms with Crippen LogP contribution >= 0.6 is 0 Å². The first-order valence-corrected chi connectivity index (χ1v) is 8.02. The van der Waals surface area contributed by atoms with Crippen LogP contribution in [0.25, 0.3) is 0 Å². The molecule has 0 aromatic rings. The van der Waals surface area contributed by atoms with E-state index in [1.165, 1.54) is 0 Å². The van der Waals surface area contributed by atoms with Crippen LogP contribution < -0.4 is 0 Å². The van der Waals surface area contributed by atoms with E-state index in [1.54, 1.807) is 0 Å². The highest BCUT2D eigenvalue weighted by Crippen LogP contribution is 2.50. The minimum atomic E-state index is -3.39. The van der Waals surface area contributed by atoms with Crippen LogP contribution in [0, 0.1) is 0 Å². The van der Waals surface area contributed by atoms with Crippen molar-refractivity contribution in [3.63, 3.8) is 0 Å². The van der Waals surface area contributed by atoms with Crippen molar-refractivity contribution in [2.75, 3.05) is 33.0 Å². The van der Waals surface area contributed by atoms with Crippen LogP contribution in [0.4, 0.5) is 0 Å². The highest BCUT2D eigenvalue weighted by molar-refractivity contribution is 7.94. The van der Waals surface area contributed by atoms with E-state index in [0.29, 0.717) is 19.4 Å². The van der Waals surface area contributed by atoms with Gasteiger partial charge in [-0.3, -0.25) is 0 Å². The molecule has 0 spiro atoms. The summed E-state index contributed by atoms with van der Waals surface area (Å²) in [5.41, 5.74) is 0. The number of unbranched alkanes of at least 4 members (excludes halogenated alkanes) is 1. The van der Waals surface area contributed by atoms with E-state index < -0.39 is 19.3 Å². The molecule has 1 aliphatic heterocycles. The normalized spacial score (nSPS) is 24.6. The van der Waals surface area contributed by atoms with Crippen molar-refractivity contribution in [2.24, 2.45) is 0 Å². The SMILES string of the molecule is CCCCOCC1(S(=O)(=O)C2(CO)COC2)CC1. The van der Waals surface area contributed by atoms with Crippen LogP contribution in [0.15, 0.2) is 0 Å². The highest BCUT2D eigenvalue weighted by Gasteiger charge is 2.65. The first-order valence-electron chi connectivity index (χ1n) is 6.54. The zero-order valence-electron chi connectivity index (χ0n) is 10.9. The van der Waals surface area contributed by atoms with Gasteiger partial charge in [0, 0.05) is 6.61 Å². The second kappa shape index (κ2) is 5.07. The molecule has 5 nitrogen and oxygen atoms in total. The molecule has 106 valence electrons. The average Bonchev–Trinajstić information content (AvgIpc) is 3.05. The van der Waals surface area contributed by atoms with E-state index in [-0.39, 0.29) is 26.4 Å². The van der Waals surface area contributed by atoms with E-state index in [1.807, 2.05) is 0 Å². The lowest BCUT2D eigenvalue weighted by molar-refractivity contribution is -0.0378. The van der Waals surface area contributed by atoms with E-state index in [4.69, 9.17) is 9.47 Å². The predicted molar refractivity (Wildman–Crippen MR) is 67.2 cm³/mol. The van der Waals surface area contributed by atoms with Gasteiger partial charge in [0.05, 0.1) is 31.2 Å². The van der Waals surface area contributed by atoms with E-state index >= 15 is 0 Å². The molecule has 0 aromatic heterocycles. The predicted octanol–water partition coefficient (Wildman–Crippen LogP) is 0.512. The van der Waals surface area contributed by atoms with Crippen molar-refractivity contribution >= 4 is 9.84 Å². The third kappa shape index (κ3) is 2.09. The fourth-order valence-corrected chi connectivity index (χ4v) is 4.70. The van der Waals surface area contributed by atoms with Gasteiger partial charge in [-0.25, -0.2) is 8.42 Å². The van der Waals surface area contributed by atoms with Crippen LogP contribution in [0.2, 0.25) is 0 Å². The fourth-order valence-electron chi connectivity index (χ4n) is 2.26. The summed E-state index contributed by atoms with van der Waals surface area (Å²) >= 11 is 0. The summed E-state index contributed by atoms with van der Waals surface area (Å²) in [5, 5.41) is 9.37. The van der Waals surface area contributed by atoms with Gasteiger partial charge < -0.3 is 14.6 Å². The molecule has 1 N–H and O–H groups in total. The van der Waals surface area contributed by atoms with Crippen molar-refractivity contribution in [1.82, 2.24) is 0 Å². The van der Waals surface area contributed by atoms with Crippen molar-refractivity contribution < 1.29 is 23.0 Å². The summed E-state index contributed by atoms with van der Waals surface area (Å²) in [6.07, 6.45) is 3.27. The zero-order chi connectivity index (χ0) is 13.3. The van der Waals surface area contributed by atoms with Crippen molar-refractivity contribution in [3.05, 3.63) is 0 Å². The molecule has 2 fully saturated rings. The second-order valence-corrected chi connectivity index (χ2v) is 8.17. The maximum atomic E-state index is 12.6. The molecule has 1 saturated carbocycles. The number of ether oxygens (including phenoxy) is 2. The Morgan fingerprint density at radius 3 is 2.33 bits per heavy atom. The number of aliphatic hydroxyl groups excluding tert-OH is 1. The summed E-state index contributed by atoms with van der Waals surface area (Å²) < 4.78 is 33.9. The monoisotopic (exact) mass is 278 g/mol. The van der Waals surface area contributed by atoms with Gasteiger partial charge in [0.15, 0.2) is 9.84 Å². The minimum absolute atomic E-state index is 0.114. The van der Waals surface area contributed by atoms with Gasteiger partial charge in [0.1, 0.15) is 4.75 Å². The molecular formula is C12H22O5S. The highest BCUT2D eigenvalue weighted by atomic mass is 32.2. The molecule has 18 heavy (non-hydrogen) atoms. The molecular weight excluding hydrogens is 256 g/mol. The number of hydrogen-bond acceptors (Lipinski definition) is 5. The molecule has 1 heterocycles. The number of rotatable bonds is 8. The largest absolute Gasteiger partial charge is 0.395 e. The molecule has 0 aromatic carbocycles. The topological polar surface area (TPSA) is 72.8 Å². The van der Waals surface area contributed by atoms with Crippen molar-refractivity contribution in [3.8, 4) is 0 Å². The lowest BCUT2D eigenvalue weighted by atomic mass is 10.1. The van der Waals surface area contributed by atoms with E-state index in [9.17, 15) is 13.5 Å². The third-order valence-corrected chi connectivity index (χ3v) is 7.14. The lowest BCUT2D eigenvalue weighted by Crippen LogP contribution is -2.62. The average molecular weight is 278 g/mol. The van der Waals surface area contributed by atoms with Crippen LogP contribution in [0.5, 0.6) is 0 Å². The van der Waals surface area contributed by atoms with Gasteiger partial charge in [0.2, 0.25) is 0 Å². The van der Waals surface area contributed by atoms with E-state index in [2.05, 4.69) is 6.92 Å². The van der Waals surface area contributed by atoms with Gasteiger partial charge >= 0.3 is 0 Å². The Morgan fingerprint density at radius 1 is 1.28 bits per heavy atom. The van der Waals surface area contributed by atoms with Crippen molar-refractivity contribution in [1.29, 1.82) is 0 Å². The Balaban J connectivity index is 2.01. The number of hydrogen-bond donors (Lipinski definition) is 1. The maximum absolute atomic E-state index is 12.6. The van der Waals surface area contributed by atoms with Crippen molar-refractivity contribution in [2.45, 2.75) is 42.1 Å². The van der Waals surface area contributed by atoms with Gasteiger partial charge in [0.25, 0.3) is 0 Å². The molecule has 0 radical (unpaired) electrons. The number of aliphatic hydroxyl groups is 1. The standard InChI is InChI=1S/C12H22O5S/c1-2-3-6-16-8-11(4-5-11)18(14,15)12(7-13)9-17-10-12/h13H,2-10H2,1H3. The summed E-state index contributed by atoms with van der Waals surface area (Å²) in [5.74, 6) is 0. The quantitative estimate of drug-likeness (QED) is 0.655. The molecule has 1 aliphatic carbocycles. The molecule has 6 heteroatoms. The van der Waals surface area contributed by atoms with Crippen LogP contribution in [-0.4, -0.2) is 56.1 Å². The summed E-state index contributed by atoms with van der Waals surface area (Å²) in [6.45, 7) is 2.81. The summed E-state index contributed by atoms with van der Waals surface area (Å²) in [6, 6.07) is 0. The first kappa shape index (κ1) is 14.2. The summed E-state index contributed by atoms with van der Waals surface area (Å²) in [7, 11) is -3.39. The smallest absolute Gasteiger partial charge is 0.170 e. The van der Waals surface area contributed by atoms with Crippen LogP contribution in [0.3, 0.4) is 0 Å². The zero-order valence-corrected chi connectivity index (χ0v) is 11.7. The molecule has 0 atom stereocenters. The third-order valence-electron chi connectivity index (χ3n) is 3.97. The van der Waals surface area contributed by atoms with Crippen LogP contribution in [0.1, 0.15) is 32.6 Å². The molecule has 0 unspecified atom stereocenters. The first-order chi connectivity index (χ1) is 8.54. The molecule has 0 bridgehead atoms. The molecule has 1 saturated heterocycles. The Hall–Kier alpha value is -0.170. The fraction of sp³-hybridized carbons (Fsp3) is 1.00. The Morgan fingerprint density at radius 2 is 1.94 bits per heavy atom. The Kier molecular flexibility index (Phi) is 4.02. The summed E-state index contributed by atoms with van der Waals surface area (Å²) in [4.78, 5) is 0. The second-order valence-electron chi connectivity index (χ2n) is 5.43. The molecule has 2 rings (SSSR count). The Bertz CT molecular complexity index is 376.